The van der Waals surface area contributed by atoms with E-state index in [2.05, 4.69) is 51.6 Å². The Labute approximate surface area is 221 Å². The number of ether oxygens (including phenoxy) is 2. The van der Waals surface area contributed by atoms with Crippen molar-refractivity contribution in [1.82, 2.24) is 15.0 Å². The minimum atomic E-state index is -0.440. The number of piperidine rings is 1. The molecular weight excluding hydrogens is 484 g/mol. The Kier molecular flexibility index (Phi) is 7.94. The molecule has 0 bridgehead atoms. The molecule has 1 aromatic heterocycles. The van der Waals surface area contributed by atoms with Crippen LogP contribution in [0.15, 0.2) is 65.6 Å². The highest BCUT2D eigenvalue weighted by Gasteiger charge is 2.22. The van der Waals surface area contributed by atoms with Crippen molar-refractivity contribution in [3.8, 4) is 5.75 Å². The van der Waals surface area contributed by atoms with Gasteiger partial charge in [-0.25, -0.2) is 9.48 Å². The van der Waals surface area contributed by atoms with Gasteiger partial charge in [-0.05, 0) is 61.4 Å². The molecule has 0 N–H and O–H groups in total. The summed E-state index contributed by atoms with van der Waals surface area (Å²) in [5.41, 5.74) is 3.38. The van der Waals surface area contributed by atoms with E-state index in [1.807, 2.05) is 24.3 Å². The zero-order chi connectivity index (χ0) is 25.6. The molecule has 1 aliphatic heterocycles. The normalized spacial score (nSPS) is 13.6. The summed E-state index contributed by atoms with van der Waals surface area (Å²) in [4.78, 5) is 16.4. The summed E-state index contributed by atoms with van der Waals surface area (Å²) in [5.74, 6) is 0.902. The number of fused-ring (bicyclic) bond motifs is 1. The highest BCUT2D eigenvalue weighted by Crippen LogP contribution is 2.37. The number of hydrogen-bond acceptors (Lipinski definition) is 7. The molecule has 4 aromatic rings. The van der Waals surface area contributed by atoms with Crippen LogP contribution < -0.4 is 9.64 Å². The molecule has 8 heteroatoms. The van der Waals surface area contributed by atoms with Crippen molar-refractivity contribution in [1.29, 1.82) is 0 Å². The standard InChI is InChI=1S/C29H32N4O3S/c1-3-36-29(34)28-26(33(31-30-28)19-21-11-13-22(35-2)14-12-21)20-37-27-16-15-25(32-17-7-4-8-18-32)23-9-5-6-10-24(23)27/h5-6,9-16H,3-4,7-8,17-20H2,1-2H3. The van der Waals surface area contributed by atoms with Gasteiger partial charge < -0.3 is 14.4 Å². The van der Waals surface area contributed by atoms with E-state index < -0.39 is 5.97 Å². The fourth-order valence-electron chi connectivity index (χ4n) is 4.80. The quantitative estimate of drug-likeness (QED) is 0.201. The van der Waals surface area contributed by atoms with Crippen LogP contribution in [0.4, 0.5) is 5.69 Å². The predicted octanol–water partition coefficient (Wildman–Crippen LogP) is 5.95. The highest BCUT2D eigenvalue weighted by atomic mass is 32.2. The van der Waals surface area contributed by atoms with Gasteiger partial charge in [0.15, 0.2) is 5.69 Å². The molecule has 0 atom stereocenters. The van der Waals surface area contributed by atoms with Crippen LogP contribution in [0.3, 0.4) is 0 Å². The molecule has 1 aliphatic rings. The molecule has 37 heavy (non-hydrogen) atoms. The Hall–Kier alpha value is -3.52. The van der Waals surface area contributed by atoms with E-state index in [1.165, 1.54) is 40.6 Å². The van der Waals surface area contributed by atoms with Crippen LogP contribution in [0.25, 0.3) is 10.8 Å². The number of nitrogens with zero attached hydrogens (tertiary/aromatic N) is 4. The number of methoxy groups -OCH3 is 1. The lowest BCUT2D eigenvalue weighted by Crippen LogP contribution is -2.29. The Bertz CT molecular complexity index is 1360. The molecule has 3 aromatic carbocycles. The van der Waals surface area contributed by atoms with Crippen LogP contribution in [-0.4, -0.2) is 47.8 Å². The summed E-state index contributed by atoms with van der Waals surface area (Å²) in [6.45, 7) is 4.80. The first-order valence-electron chi connectivity index (χ1n) is 12.8. The van der Waals surface area contributed by atoms with Gasteiger partial charge in [0.2, 0.25) is 0 Å². The van der Waals surface area contributed by atoms with Crippen molar-refractivity contribution < 1.29 is 14.3 Å². The topological polar surface area (TPSA) is 69.5 Å². The second-order valence-electron chi connectivity index (χ2n) is 9.08. The first-order chi connectivity index (χ1) is 18.2. The lowest BCUT2D eigenvalue weighted by Gasteiger charge is -2.30. The van der Waals surface area contributed by atoms with Crippen LogP contribution in [0.2, 0.25) is 0 Å². The molecule has 5 rings (SSSR count). The Morgan fingerprint density at radius 3 is 2.46 bits per heavy atom. The van der Waals surface area contributed by atoms with E-state index in [9.17, 15) is 4.79 Å². The van der Waals surface area contributed by atoms with Gasteiger partial charge in [0.05, 0.1) is 26.0 Å². The maximum absolute atomic E-state index is 12.7. The summed E-state index contributed by atoms with van der Waals surface area (Å²) >= 11 is 1.70. The maximum atomic E-state index is 12.7. The molecule has 1 saturated heterocycles. The highest BCUT2D eigenvalue weighted by molar-refractivity contribution is 7.98. The largest absolute Gasteiger partial charge is 0.497 e. The minimum absolute atomic E-state index is 0.275. The van der Waals surface area contributed by atoms with Gasteiger partial charge in [-0.2, -0.15) is 0 Å². The molecule has 0 saturated carbocycles. The third-order valence-electron chi connectivity index (χ3n) is 6.72. The van der Waals surface area contributed by atoms with E-state index in [4.69, 9.17) is 9.47 Å². The van der Waals surface area contributed by atoms with Crippen molar-refractivity contribution in [2.24, 2.45) is 0 Å². The second-order valence-corrected chi connectivity index (χ2v) is 10.1. The number of benzene rings is 3. The predicted molar refractivity (Wildman–Crippen MR) is 148 cm³/mol. The summed E-state index contributed by atoms with van der Waals surface area (Å²) in [6, 6.07) is 20.9. The lowest BCUT2D eigenvalue weighted by atomic mass is 10.1. The van der Waals surface area contributed by atoms with Crippen LogP contribution in [0, 0.1) is 0 Å². The molecule has 0 spiro atoms. The third kappa shape index (κ3) is 5.59. The molecule has 0 amide bonds. The Balaban J connectivity index is 1.43. The molecule has 1 fully saturated rings. The number of thioether (sulfide) groups is 1. The molecular formula is C29H32N4O3S. The van der Waals surface area contributed by atoms with E-state index in [1.54, 1.807) is 30.5 Å². The number of hydrogen-bond donors (Lipinski definition) is 0. The number of aromatic nitrogens is 3. The van der Waals surface area contributed by atoms with Gasteiger partial charge >= 0.3 is 5.97 Å². The lowest BCUT2D eigenvalue weighted by molar-refractivity contribution is 0.0518. The van der Waals surface area contributed by atoms with Gasteiger partial charge in [-0.1, -0.05) is 41.6 Å². The molecule has 0 aliphatic carbocycles. The zero-order valence-corrected chi connectivity index (χ0v) is 22.2. The summed E-state index contributed by atoms with van der Waals surface area (Å²) in [7, 11) is 1.65. The van der Waals surface area contributed by atoms with Gasteiger partial charge in [0.25, 0.3) is 0 Å². The first kappa shape index (κ1) is 25.1. The number of esters is 1. The molecule has 0 radical (unpaired) electrons. The van der Waals surface area contributed by atoms with Gasteiger partial charge in [-0.15, -0.1) is 16.9 Å². The van der Waals surface area contributed by atoms with Crippen molar-refractivity contribution >= 4 is 34.2 Å². The zero-order valence-electron chi connectivity index (χ0n) is 21.4. The molecule has 2 heterocycles. The number of rotatable bonds is 9. The van der Waals surface area contributed by atoms with Gasteiger partial charge in [0.1, 0.15) is 5.75 Å². The van der Waals surface area contributed by atoms with Crippen LogP contribution >= 0.6 is 11.8 Å². The van der Waals surface area contributed by atoms with Crippen molar-refractivity contribution in [2.45, 2.75) is 43.4 Å². The van der Waals surface area contributed by atoms with Crippen LogP contribution in [-0.2, 0) is 17.0 Å². The van der Waals surface area contributed by atoms with E-state index in [-0.39, 0.29) is 5.69 Å². The van der Waals surface area contributed by atoms with Crippen molar-refractivity contribution in [3.63, 3.8) is 0 Å². The molecule has 0 unspecified atom stereocenters. The van der Waals surface area contributed by atoms with E-state index in [0.717, 1.165) is 30.1 Å². The Morgan fingerprint density at radius 1 is 0.973 bits per heavy atom. The van der Waals surface area contributed by atoms with Crippen molar-refractivity contribution in [2.75, 3.05) is 31.7 Å². The summed E-state index contributed by atoms with van der Waals surface area (Å²) < 4.78 is 12.4. The summed E-state index contributed by atoms with van der Waals surface area (Å²) in [5, 5.41) is 11.0. The average Bonchev–Trinajstić information content (AvgIpc) is 3.35. The van der Waals surface area contributed by atoms with E-state index >= 15 is 0 Å². The SMILES string of the molecule is CCOC(=O)c1nnn(Cc2ccc(OC)cc2)c1CSc1ccc(N2CCCCC2)c2ccccc12. The number of anilines is 1. The summed E-state index contributed by atoms with van der Waals surface area (Å²) in [6.07, 6.45) is 3.79. The first-order valence-corrected chi connectivity index (χ1v) is 13.8. The number of carbonyl (C=O) groups excluding carboxylic acids is 1. The van der Waals surface area contributed by atoms with Crippen molar-refractivity contribution in [3.05, 3.63) is 77.6 Å². The smallest absolute Gasteiger partial charge is 0.360 e. The molecule has 7 nitrogen and oxygen atoms in total. The monoisotopic (exact) mass is 516 g/mol. The minimum Gasteiger partial charge on any atom is -0.497 e. The van der Waals surface area contributed by atoms with Gasteiger partial charge in [0, 0.05) is 34.8 Å². The maximum Gasteiger partial charge on any atom is 0.360 e. The molecule has 192 valence electrons. The van der Waals surface area contributed by atoms with Crippen LogP contribution in [0.1, 0.15) is 47.9 Å². The average molecular weight is 517 g/mol. The number of carbonyl (C=O) groups is 1. The third-order valence-corrected chi connectivity index (χ3v) is 7.80. The fourth-order valence-corrected chi connectivity index (χ4v) is 5.88. The second kappa shape index (κ2) is 11.7. The fraction of sp³-hybridized carbons (Fsp3) is 0.345. The Morgan fingerprint density at radius 2 is 1.73 bits per heavy atom. The van der Waals surface area contributed by atoms with Crippen LogP contribution in [0.5, 0.6) is 5.75 Å². The van der Waals surface area contributed by atoms with Gasteiger partial charge in [-0.3, -0.25) is 0 Å². The van der Waals surface area contributed by atoms with E-state index in [0.29, 0.717) is 18.9 Å².